The Morgan fingerprint density at radius 3 is 2.60 bits per heavy atom. The molecule has 3 nitrogen and oxygen atoms in total. The number of methoxy groups -OCH3 is 1. The van der Waals surface area contributed by atoms with E-state index in [0.717, 1.165) is 11.3 Å². The summed E-state index contributed by atoms with van der Waals surface area (Å²) in [6, 6.07) is 5.70. The van der Waals surface area contributed by atoms with E-state index in [0.29, 0.717) is 11.6 Å². The topological polar surface area (TPSA) is 38.5 Å². The highest BCUT2D eigenvalue weighted by molar-refractivity contribution is 6.31. The fourth-order valence-electron chi connectivity index (χ4n) is 1.61. The fourth-order valence-corrected chi connectivity index (χ4v) is 1.90. The summed E-state index contributed by atoms with van der Waals surface area (Å²) in [4.78, 5) is 2.03. The van der Waals surface area contributed by atoms with Crippen LogP contribution in [-0.2, 0) is 0 Å². The van der Waals surface area contributed by atoms with Gasteiger partial charge < -0.3 is 15.4 Å². The lowest BCUT2D eigenvalue weighted by Gasteiger charge is -2.25. The molecule has 1 rings (SSSR count). The van der Waals surface area contributed by atoms with Crippen LogP contribution in [-0.4, -0.2) is 32.6 Å². The lowest BCUT2D eigenvalue weighted by Crippen LogP contribution is -2.27. The van der Waals surface area contributed by atoms with Gasteiger partial charge in [0, 0.05) is 17.1 Å². The molecule has 0 aliphatic rings. The van der Waals surface area contributed by atoms with E-state index in [1.54, 1.807) is 7.11 Å². The van der Waals surface area contributed by atoms with Crippen LogP contribution < -0.4 is 10.5 Å². The lowest BCUT2D eigenvalue weighted by atomic mass is 10.0. The van der Waals surface area contributed by atoms with Crippen molar-refractivity contribution in [2.24, 2.45) is 5.73 Å². The Balaban J connectivity index is 3.20. The van der Waals surface area contributed by atoms with E-state index >= 15 is 0 Å². The third-order valence-corrected chi connectivity index (χ3v) is 2.74. The number of ether oxygens (including phenoxy) is 1. The number of nitrogens with two attached hydrogens (primary N) is 1. The van der Waals surface area contributed by atoms with Gasteiger partial charge in [0.2, 0.25) is 0 Å². The molecule has 0 saturated heterocycles. The van der Waals surface area contributed by atoms with Gasteiger partial charge in [-0.15, -0.1) is 0 Å². The molecule has 4 heteroatoms. The molecule has 15 heavy (non-hydrogen) atoms. The fraction of sp³-hybridized carbons (Fsp3) is 0.455. The normalized spacial score (nSPS) is 12.9. The van der Waals surface area contributed by atoms with Crippen LogP contribution in [0.5, 0.6) is 5.75 Å². The van der Waals surface area contributed by atoms with E-state index < -0.39 is 0 Å². The number of halogens is 1. The van der Waals surface area contributed by atoms with Crippen LogP contribution in [0.2, 0.25) is 5.02 Å². The Hall–Kier alpha value is -0.770. The molecule has 0 bridgehead atoms. The molecule has 0 saturated carbocycles. The first-order chi connectivity index (χ1) is 7.11. The maximum atomic E-state index is 6.16. The minimum Gasteiger partial charge on any atom is -0.496 e. The smallest absolute Gasteiger partial charge is 0.125 e. The predicted octanol–water partition coefficient (Wildman–Crippen LogP) is 1.91. The van der Waals surface area contributed by atoms with Gasteiger partial charge in [0.25, 0.3) is 0 Å². The molecule has 2 N–H and O–H groups in total. The monoisotopic (exact) mass is 228 g/mol. The molecular formula is C11H17ClN2O. The van der Waals surface area contributed by atoms with E-state index in [4.69, 9.17) is 22.1 Å². The van der Waals surface area contributed by atoms with Gasteiger partial charge in [-0.3, -0.25) is 0 Å². The zero-order chi connectivity index (χ0) is 11.4. The molecule has 84 valence electrons. The molecule has 1 unspecified atom stereocenters. The van der Waals surface area contributed by atoms with Gasteiger partial charge in [-0.2, -0.15) is 0 Å². The van der Waals surface area contributed by atoms with E-state index in [1.807, 2.05) is 37.2 Å². The van der Waals surface area contributed by atoms with Crippen LogP contribution in [0.25, 0.3) is 0 Å². The Bertz CT molecular complexity index is 328. The van der Waals surface area contributed by atoms with Gasteiger partial charge in [-0.05, 0) is 26.2 Å². The number of hydrogen-bond acceptors (Lipinski definition) is 3. The summed E-state index contributed by atoms with van der Waals surface area (Å²) in [7, 11) is 5.58. The van der Waals surface area contributed by atoms with Crippen LogP contribution in [0.15, 0.2) is 18.2 Å². The van der Waals surface area contributed by atoms with Crippen molar-refractivity contribution < 1.29 is 4.74 Å². The van der Waals surface area contributed by atoms with E-state index in [-0.39, 0.29) is 6.04 Å². The van der Waals surface area contributed by atoms with Crippen LogP contribution >= 0.6 is 11.6 Å². The van der Waals surface area contributed by atoms with E-state index in [1.165, 1.54) is 0 Å². The van der Waals surface area contributed by atoms with Crippen LogP contribution in [0, 0.1) is 0 Å². The predicted molar refractivity (Wildman–Crippen MR) is 63.5 cm³/mol. The minimum absolute atomic E-state index is 0.0775. The third kappa shape index (κ3) is 2.62. The quantitative estimate of drug-likeness (QED) is 0.856. The SMILES string of the molecule is COc1cccc(Cl)c1C(CN)N(C)C. The molecule has 0 spiro atoms. The second-order valence-corrected chi connectivity index (χ2v) is 3.98. The second-order valence-electron chi connectivity index (χ2n) is 3.57. The highest BCUT2D eigenvalue weighted by Crippen LogP contribution is 2.33. The molecule has 0 amide bonds. The molecule has 0 aromatic heterocycles. The van der Waals surface area contributed by atoms with Crippen LogP contribution in [0.1, 0.15) is 11.6 Å². The number of hydrogen-bond donors (Lipinski definition) is 1. The molecule has 0 radical (unpaired) electrons. The average Bonchev–Trinajstić information content (AvgIpc) is 2.21. The molecule has 0 fully saturated rings. The highest BCUT2D eigenvalue weighted by Gasteiger charge is 2.19. The van der Waals surface area contributed by atoms with Gasteiger partial charge in [0.15, 0.2) is 0 Å². The molecular weight excluding hydrogens is 212 g/mol. The van der Waals surface area contributed by atoms with Gasteiger partial charge in [0.1, 0.15) is 5.75 Å². The van der Waals surface area contributed by atoms with Crippen molar-refractivity contribution >= 4 is 11.6 Å². The average molecular weight is 229 g/mol. The van der Waals surface area contributed by atoms with Crippen LogP contribution in [0.4, 0.5) is 0 Å². The van der Waals surface area contributed by atoms with Crippen molar-refractivity contribution in [1.29, 1.82) is 0 Å². The van der Waals surface area contributed by atoms with Crippen molar-refractivity contribution in [1.82, 2.24) is 4.90 Å². The van der Waals surface area contributed by atoms with Crippen LogP contribution in [0.3, 0.4) is 0 Å². The van der Waals surface area contributed by atoms with Gasteiger partial charge in [-0.1, -0.05) is 17.7 Å². The van der Waals surface area contributed by atoms with Crippen molar-refractivity contribution in [3.05, 3.63) is 28.8 Å². The molecule has 1 aromatic rings. The van der Waals surface area contributed by atoms with Crippen molar-refractivity contribution in [2.75, 3.05) is 27.7 Å². The summed E-state index contributed by atoms with van der Waals surface area (Å²) in [6.45, 7) is 0.507. The third-order valence-electron chi connectivity index (χ3n) is 2.41. The summed E-state index contributed by atoms with van der Waals surface area (Å²) < 4.78 is 5.29. The number of rotatable bonds is 4. The maximum absolute atomic E-state index is 6.16. The number of likely N-dealkylation sites (N-methyl/N-ethyl adjacent to an activating group) is 1. The summed E-state index contributed by atoms with van der Waals surface area (Å²) in [5.74, 6) is 0.784. The molecule has 0 aliphatic carbocycles. The Labute approximate surface area is 95.8 Å². The first-order valence-corrected chi connectivity index (χ1v) is 5.18. The summed E-state index contributed by atoms with van der Waals surface area (Å²) in [6.07, 6.45) is 0. The zero-order valence-corrected chi connectivity index (χ0v) is 10.1. The van der Waals surface area contributed by atoms with E-state index in [2.05, 4.69) is 0 Å². The van der Waals surface area contributed by atoms with Crippen molar-refractivity contribution in [3.8, 4) is 5.75 Å². The number of benzene rings is 1. The number of nitrogens with zero attached hydrogens (tertiary/aromatic N) is 1. The minimum atomic E-state index is 0.0775. The van der Waals surface area contributed by atoms with Gasteiger partial charge in [0.05, 0.1) is 13.2 Å². The largest absolute Gasteiger partial charge is 0.496 e. The summed E-state index contributed by atoms with van der Waals surface area (Å²) >= 11 is 6.16. The van der Waals surface area contributed by atoms with Gasteiger partial charge >= 0.3 is 0 Å². The summed E-state index contributed by atoms with van der Waals surface area (Å²) in [5, 5.41) is 0.693. The Kier molecular flexibility index (Phi) is 4.39. The molecule has 0 heterocycles. The Morgan fingerprint density at radius 2 is 2.13 bits per heavy atom. The first kappa shape index (κ1) is 12.3. The molecule has 1 atom stereocenters. The molecule has 1 aromatic carbocycles. The summed E-state index contributed by atoms with van der Waals surface area (Å²) in [5.41, 5.74) is 6.70. The highest BCUT2D eigenvalue weighted by atomic mass is 35.5. The zero-order valence-electron chi connectivity index (χ0n) is 9.33. The molecule has 0 aliphatic heterocycles. The van der Waals surface area contributed by atoms with Crippen molar-refractivity contribution in [3.63, 3.8) is 0 Å². The van der Waals surface area contributed by atoms with Crippen molar-refractivity contribution in [2.45, 2.75) is 6.04 Å². The van der Waals surface area contributed by atoms with E-state index in [9.17, 15) is 0 Å². The standard InChI is InChI=1S/C11H17ClN2O/c1-14(2)9(7-13)11-8(12)5-4-6-10(11)15-3/h4-6,9H,7,13H2,1-3H3. The lowest BCUT2D eigenvalue weighted by molar-refractivity contribution is 0.295. The van der Waals surface area contributed by atoms with Gasteiger partial charge in [-0.25, -0.2) is 0 Å². The second kappa shape index (κ2) is 5.35. The first-order valence-electron chi connectivity index (χ1n) is 4.80. The maximum Gasteiger partial charge on any atom is 0.125 e. The Morgan fingerprint density at radius 1 is 1.47 bits per heavy atom.